The quantitative estimate of drug-likeness (QED) is 0.786. The summed E-state index contributed by atoms with van der Waals surface area (Å²) in [5.74, 6) is 0.740. The van der Waals surface area contributed by atoms with E-state index in [1.54, 1.807) is 0 Å². The van der Waals surface area contributed by atoms with Crippen LogP contribution >= 0.6 is 0 Å². The lowest BCUT2D eigenvalue weighted by atomic mass is 9.93. The molecule has 112 valence electrons. The summed E-state index contributed by atoms with van der Waals surface area (Å²) < 4.78 is 5.58. The molecule has 1 fully saturated rings. The van der Waals surface area contributed by atoms with E-state index in [1.165, 1.54) is 32.1 Å². The molecule has 0 atom stereocenters. The molecule has 3 N–H and O–H groups in total. The number of nitrogens with zero attached hydrogens (tertiary/aromatic N) is 1. The van der Waals surface area contributed by atoms with E-state index in [1.807, 2.05) is 25.1 Å². The smallest absolute Gasteiger partial charge is 0.144 e. The zero-order chi connectivity index (χ0) is 14.4. The molecule has 2 rings (SSSR count). The second-order valence-electron chi connectivity index (χ2n) is 5.36. The van der Waals surface area contributed by atoms with E-state index >= 15 is 0 Å². The maximum Gasteiger partial charge on any atom is 0.144 e. The van der Waals surface area contributed by atoms with E-state index in [9.17, 15) is 5.11 Å². The topological polar surface area (TPSA) is 58.7 Å². The lowest BCUT2D eigenvalue weighted by Gasteiger charge is -2.36. The zero-order valence-corrected chi connectivity index (χ0v) is 12.3. The van der Waals surface area contributed by atoms with Crippen molar-refractivity contribution < 1.29 is 9.84 Å². The van der Waals surface area contributed by atoms with Crippen molar-refractivity contribution in [1.82, 2.24) is 0 Å². The van der Waals surface area contributed by atoms with E-state index in [2.05, 4.69) is 4.90 Å². The van der Waals surface area contributed by atoms with Crippen molar-refractivity contribution in [2.24, 2.45) is 0 Å². The first-order chi connectivity index (χ1) is 9.76. The number of aliphatic hydroxyl groups excluding tert-OH is 1. The molecule has 0 saturated heterocycles. The van der Waals surface area contributed by atoms with Crippen molar-refractivity contribution in [3.63, 3.8) is 0 Å². The molecule has 1 saturated carbocycles. The van der Waals surface area contributed by atoms with Gasteiger partial charge >= 0.3 is 0 Å². The molecule has 0 radical (unpaired) electrons. The Labute approximate surface area is 121 Å². The van der Waals surface area contributed by atoms with E-state index < -0.39 is 0 Å². The van der Waals surface area contributed by atoms with E-state index in [4.69, 9.17) is 10.5 Å². The molecule has 0 unspecified atom stereocenters. The largest absolute Gasteiger partial charge is 0.492 e. The van der Waals surface area contributed by atoms with Crippen LogP contribution in [0.4, 0.5) is 11.4 Å². The van der Waals surface area contributed by atoms with Gasteiger partial charge in [-0.3, -0.25) is 0 Å². The van der Waals surface area contributed by atoms with Gasteiger partial charge in [0.05, 0.1) is 18.9 Å². The van der Waals surface area contributed by atoms with Crippen LogP contribution in [0.15, 0.2) is 18.2 Å². The standard InChI is InChI=1S/C16H26N2O2/c1-2-20-16-12-14(8-9-15(16)17)18(10-11-19)13-6-4-3-5-7-13/h8-9,12-13,19H,2-7,10-11,17H2,1H3. The molecule has 0 aliphatic heterocycles. The molecule has 0 amide bonds. The molecule has 0 bridgehead atoms. The molecule has 4 nitrogen and oxygen atoms in total. The second kappa shape index (κ2) is 7.39. The Kier molecular flexibility index (Phi) is 5.53. The first-order valence-electron chi connectivity index (χ1n) is 7.66. The summed E-state index contributed by atoms with van der Waals surface area (Å²) in [6.45, 7) is 3.40. The molecule has 1 aromatic carbocycles. The van der Waals surface area contributed by atoms with Crippen LogP contribution in [0.1, 0.15) is 39.0 Å². The number of benzene rings is 1. The first kappa shape index (κ1) is 15.0. The van der Waals surface area contributed by atoms with Gasteiger partial charge in [-0.15, -0.1) is 0 Å². The fourth-order valence-corrected chi connectivity index (χ4v) is 3.01. The van der Waals surface area contributed by atoms with Crippen molar-refractivity contribution in [2.45, 2.75) is 45.1 Å². The molecule has 0 aromatic heterocycles. The van der Waals surface area contributed by atoms with Gasteiger partial charge in [0.2, 0.25) is 0 Å². The first-order valence-corrected chi connectivity index (χ1v) is 7.66. The van der Waals surface area contributed by atoms with Gasteiger partial charge in [-0.25, -0.2) is 0 Å². The number of nitrogens with two attached hydrogens (primary N) is 1. The molecular formula is C16H26N2O2. The lowest BCUT2D eigenvalue weighted by molar-refractivity contribution is 0.289. The van der Waals surface area contributed by atoms with Crippen molar-refractivity contribution >= 4 is 11.4 Å². The van der Waals surface area contributed by atoms with Crippen molar-refractivity contribution in [2.75, 3.05) is 30.4 Å². The van der Waals surface area contributed by atoms with Gasteiger partial charge in [0, 0.05) is 24.3 Å². The van der Waals surface area contributed by atoms with Crippen LogP contribution in [0.2, 0.25) is 0 Å². The van der Waals surface area contributed by atoms with Crippen LogP contribution in [0, 0.1) is 0 Å². The number of rotatable bonds is 6. The van der Waals surface area contributed by atoms with Gasteiger partial charge in [0.25, 0.3) is 0 Å². The zero-order valence-electron chi connectivity index (χ0n) is 12.3. The highest BCUT2D eigenvalue weighted by atomic mass is 16.5. The minimum atomic E-state index is 0.171. The van der Waals surface area contributed by atoms with Crippen LogP contribution in [-0.2, 0) is 0 Å². The third kappa shape index (κ3) is 3.57. The van der Waals surface area contributed by atoms with Gasteiger partial charge in [-0.2, -0.15) is 0 Å². The summed E-state index contributed by atoms with van der Waals surface area (Å²) >= 11 is 0. The van der Waals surface area contributed by atoms with Crippen LogP contribution in [0.25, 0.3) is 0 Å². The molecule has 1 aromatic rings. The number of hydrogen-bond donors (Lipinski definition) is 2. The van der Waals surface area contributed by atoms with E-state index in [-0.39, 0.29) is 6.61 Å². The number of aliphatic hydroxyl groups is 1. The number of ether oxygens (including phenoxy) is 1. The van der Waals surface area contributed by atoms with E-state index in [0.29, 0.717) is 24.9 Å². The number of nitrogen functional groups attached to an aromatic ring is 1. The Morgan fingerprint density at radius 3 is 2.70 bits per heavy atom. The van der Waals surface area contributed by atoms with Crippen LogP contribution < -0.4 is 15.4 Å². The fourth-order valence-electron chi connectivity index (χ4n) is 3.01. The summed E-state index contributed by atoms with van der Waals surface area (Å²) in [5, 5.41) is 9.36. The monoisotopic (exact) mass is 278 g/mol. The number of anilines is 2. The average molecular weight is 278 g/mol. The number of hydrogen-bond acceptors (Lipinski definition) is 4. The van der Waals surface area contributed by atoms with Crippen molar-refractivity contribution in [3.8, 4) is 5.75 Å². The van der Waals surface area contributed by atoms with Gasteiger partial charge in [-0.1, -0.05) is 19.3 Å². The summed E-state index contributed by atoms with van der Waals surface area (Å²) in [4.78, 5) is 2.31. The van der Waals surface area contributed by atoms with Crippen LogP contribution in [-0.4, -0.2) is 30.9 Å². The summed E-state index contributed by atoms with van der Waals surface area (Å²) in [6.07, 6.45) is 6.29. The summed E-state index contributed by atoms with van der Waals surface area (Å²) in [5.41, 5.74) is 7.71. The fraction of sp³-hybridized carbons (Fsp3) is 0.625. The Hall–Kier alpha value is -1.42. The molecule has 1 aliphatic carbocycles. The van der Waals surface area contributed by atoms with E-state index in [0.717, 1.165) is 11.4 Å². The Bertz CT molecular complexity index is 417. The normalized spacial score (nSPS) is 16.1. The maximum atomic E-state index is 9.36. The Morgan fingerprint density at radius 2 is 2.05 bits per heavy atom. The van der Waals surface area contributed by atoms with Gasteiger partial charge in [0.15, 0.2) is 0 Å². The lowest BCUT2D eigenvalue weighted by Crippen LogP contribution is -2.38. The molecule has 1 aliphatic rings. The highest BCUT2D eigenvalue weighted by Gasteiger charge is 2.21. The van der Waals surface area contributed by atoms with Gasteiger partial charge in [-0.05, 0) is 31.9 Å². The molecule has 0 heterocycles. The summed E-state index contributed by atoms with van der Waals surface area (Å²) in [7, 11) is 0. The SMILES string of the molecule is CCOc1cc(N(CCO)C2CCCCC2)ccc1N. The van der Waals surface area contributed by atoms with Crippen molar-refractivity contribution in [1.29, 1.82) is 0 Å². The minimum absolute atomic E-state index is 0.171. The molecule has 4 heteroatoms. The predicted octanol–water partition coefficient (Wildman–Crippen LogP) is 2.80. The average Bonchev–Trinajstić information content (AvgIpc) is 2.48. The van der Waals surface area contributed by atoms with Crippen LogP contribution in [0.5, 0.6) is 5.75 Å². The highest BCUT2D eigenvalue weighted by Crippen LogP contribution is 2.32. The highest BCUT2D eigenvalue weighted by molar-refractivity contribution is 5.62. The van der Waals surface area contributed by atoms with Crippen molar-refractivity contribution in [3.05, 3.63) is 18.2 Å². The Morgan fingerprint density at radius 1 is 1.30 bits per heavy atom. The van der Waals surface area contributed by atoms with Crippen LogP contribution in [0.3, 0.4) is 0 Å². The Balaban J connectivity index is 2.21. The third-order valence-electron chi connectivity index (χ3n) is 3.99. The maximum absolute atomic E-state index is 9.36. The minimum Gasteiger partial charge on any atom is -0.492 e. The van der Waals surface area contributed by atoms with Gasteiger partial charge in [0.1, 0.15) is 5.75 Å². The van der Waals surface area contributed by atoms with Gasteiger partial charge < -0.3 is 20.5 Å². The summed E-state index contributed by atoms with van der Waals surface area (Å²) in [6, 6.07) is 6.45. The molecule has 0 spiro atoms. The third-order valence-corrected chi connectivity index (χ3v) is 3.99. The molecular weight excluding hydrogens is 252 g/mol. The predicted molar refractivity (Wildman–Crippen MR) is 83.3 cm³/mol. The molecule has 20 heavy (non-hydrogen) atoms. The second-order valence-corrected chi connectivity index (χ2v) is 5.36.